The molecule has 8 heteroatoms. The van der Waals surface area contributed by atoms with Crippen molar-refractivity contribution in [2.75, 3.05) is 13.1 Å². The quantitative estimate of drug-likeness (QED) is 0.408. The number of nitrogens with zero attached hydrogens (tertiary/aromatic N) is 4. The van der Waals surface area contributed by atoms with E-state index in [1.807, 2.05) is 57.6 Å². The van der Waals surface area contributed by atoms with E-state index < -0.39 is 4.92 Å². The molecule has 2 aromatic rings. The van der Waals surface area contributed by atoms with Crippen molar-refractivity contribution in [3.8, 4) is 0 Å². The first kappa shape index (κ1) is 25.1. The molecule has 174 valence electrons. The summed E-state index contributed by atoms with van der Waals surface area (Å²) in [6.45, 7) is 10.5. The molecule has 1 heterocycles. The molecule has 0 aliphatic carbocycles. The summed E-state index contributed by atoms with van der Waals surface area (Å²) in [5.41, 5.74) is 1.61. The molecular formula is C24H34N4O4. The zero-order valence-electron chi connectivity index (χ0n) is 19.9. The van der Waals surface area contributed by atoms with Crippen molar-refractivity contribution in [2.24, 2.45) is 13.0 Å². The third kappa shape index (κ3) is 6.18. The summed E-state index contributed by atoms with van der Waals surface area (Å²) in [4.78, 5) is 40.8. The summed E-state index contributed by atoms with van der Waals surface area (Å²) in [6.07, 6.45) is 2.60. The fraction of sp³-hybridized carbons (Fsp3) is 0.500. The van der Waals surface area contributed by atoms with Gasteiger partial charge in [-0.2, -0.15) is 0 Å². The fourth-order valence-electron chi connectivity index (χ4n) is 3.55. The van der Waals surface area contributed by atoms with Gasteiger partial charge in [-0.15, -0.1) is 0 Å². The lowest BCUT2D eigenvalue weighted by atomic mass is 10.1. The number of hydrogen-bond acceptors (Lipinski definition) is 4. The van der Waals surface area contributed by atoms with Gasteiger partial charge in [0.25, 0.3) is 11.6 Å². The van der Waals surface area contributed by atoms with Crippen molar-refractivity contribution in [3.05, 3.63) is 63.5 Å². The maximum Gasteiger partial charge on any atom is 0.273 e. The number of nitro groups is 1. The second-order valence-corrected chi connectivity index (χ2v) is 8.73. The van der Waals surface area contributed by atoms with Gasteiger partial charge >= 0.3 is 0 Å². The molecule has 2 rings (SSSR count). The molecule has 0 radical (unpaired) electrons. The van der Waals surface area contributed by atoms with Gasteiger partial charge in [0, 0.05) is 48.7 Å². The third-order valence-electron chi connectivity index (χ3n) is 5.68. The summed E-state index contributed by atoms with van der Waals surface area (Å²) in [5.74, 6) is -0.249. The fourth-order valence-corrected chi connectivity index (χ4v) is 3.55. The van der Waals surface area contributed by atoms with Crippen LogP contribution in [0.15, 0.2) is 36.5 Å². The van der Waals surface area contributed by atoms with Crippen molar-refractivity contribution in [1.82, 2.24) is 14.4 Å². The van der Waals surface area contributed by atoms with Gasteiger partial charge in [0.2, 0.25) is 5.91 Å². The van der Waals surface area contributed by atoms with Gasteiger partial charge < -0.3 is 14.4 Å². The molecule has 0 saturated carbocycles. The molecule has 0 aliphatic heterocycles. The van der Waals surface area contributed by atoms with E-state index in [4.69, 9.17) is 0 Å². The number of aryl methyl sites for hydroxylation is 2. The van der Waals surface area contributed by atoms with Gasteiger partial charge in [-0.1, -0.05) is 26.8 Å². The molecule has 0 bridgehead atoms. The summed E-state index contributed by atoms with van der Waals surface area (Å²) in [6, 6.07) is 8.18. The number of carbonyl (C=O) groups is 2. The van der Waals surface area contributed by atoms with Gasteiger partial charge in [-0.05, 0) is 44.4 Å². The Balaban J connectivity index is 2.30. The predicted molar refractivity (Wildman–Crippen MR) is 124 cm³/mol. The minimum absolute atomic E-state index is 0.0767. The Morgan fingerprint density at radius 1 is 1.19 bits per heavy atom. The normalized spacial score (nSPS) is 12.0. The number of rotatable bonds is 10. The zero-order chi connectivity index (χ0) is 24.0. The Bertz CT molecular complexity index is 967. The number of aromatic nitrogens is 1. The summed E-state index contributed by atoms with van der Waals surface area (Å²) >= 11 is 0. The standard InChI is InChI=1S/C24H34N4O4/c1-7-19(5)27(24(30)20-11-10-18(4)22(13-20)28(31)32)16-23(29)26(14-17(2)3)15-21-9-8-12-25(21)6/h8-13,17,19H,7,14-16H2,1-6H3. The maximum absolute atomic E-state index is 13.3. The number of nitro benzene ring substituents is 1. The highest BCUT2D eigenvalue weighted by Crippen LogP contribution is 2.21. The zero-order valence-corrected chi connectivity index (χ0v) is 19.9. The van der Waals surface area contributed by atoms with Crippen LogP contribution in [-0.4, -0.2) is 50.2 Å². The van der Waals surface area contributed by atoms with Crippen molar-refractivity contribution in [1.29, 1.82) is 0 Å². The van der Waals surface area contributed by atoms with E-state index >= 15 is 0 Å². The molecule has 1 unspecified atom stereocenters. The SMILES string of the molecule is CCC(C)N(CC(=O)N(Cc1cccn1C)CC(C)C)C(=O)c1ccc(C)c([N+](=O)[O-])c1. The second kappa shape index (κ2) is 10.9. The highest BCUT2D eigenvalue weighted by Gasteiger charge is 2.27. The van der Waals surface area contributed by atoms with Crippen LogP contribution in [0.4, 0.5) is 5.69 Å². The lowest BCUT2D eigenvalue weighted by Gasteiger charge is -2.32. The van der Waals surface area contributed by atoms with Crippen LogP contribution in [0, 0.1) is 23.0 Å². The first-order valence-corrected chi connectivity index (χ1v) is 11.0. The second-order valence-electron chi connectivity index (χ2n) is 8.73. The molecule has 1 atom stereocenters. The Hall–Kier alpha value is -3.16. The lowest BCUT2D eigenvalue weighted by Crippen LogP contribution is -2.47. The molecule has 32 heavy (non-hydrogen) atoms. The number of hydrogen-bond donors (Lipinski definition) is 0. The third-order valence-corrected chi connectivity index (χ3v) is 5.68. The first-order chi connectivity index (χ1) is 15.0. The molecule has 1 aromatic heterocycles. The molecule has 1 aromatic carbocycles. The average molecular weight is 443 g/mol. The van der Waals surface area contributed by atoms with E-state index in [2.05, 4.69) is 0 Å². The number of amides is 2. The Morgan fingerprint density at radius 3 is 2.41 bits per heavy atom. The molecule has 0 fully saturated rings. The Morgan fingerprint density at radius 2 is 1.88 bits per heavy atom. The smallest absolute Gasteiger partial charge is 0.273 e. The van der Waals surface area contributed by atoms with Crippen LogP contribution in [-0.2, 0) is 18.4 Å². The van der Waals surface area contributed by atoms with Crippen LogP contribution in [0.25, 0.3) is 0 Å². The Kier molecular flexibility index (Phi) is 8.57. The molecule has 8 nitrogen and oxygen atoms in total. The predicted octanol–water partition coefficient (Wildman–Crippen LogP) is 4.17. The topological polar surface area (TPSA) is 88.7 Å². The van der Waals surface area contributed by atoms with Crippen LogP contribution in [0.5, 0.6) is 0 Å². The van der Waals surface area contributed by atoms with E-state index in [9.17, 15) is 19.7 Å². The monoisotopic (exact) mass is 442 g/mol. The van der Waals surface area contributed by atoms with E-state index in [0.717, 1.165) is 5.69 Å². The van der Waals surface area contributed by atoms with Crippen molar-refractivity contribution in [3.63, 3.8) is 0 Å². The largest absolute Gasteiger partial charge is 0.353 e. The molecule has 0 N–H and O–H groups in total. The van der Waals surface area contributed by atoms with Gasteiger partial charge in [0.1, 0.15) is 6.54 Å². The summed E-state index contributed by atoms with van der Waals surface area (Å²) in [7, 11) is 1.94. The van der Waals surface area contributed by atoms with Crippen LogP contribution in [0.1, 0.15) is 55.7 Å². The highest BCUT2D eigenvalue weighted by molar-refractivity contribution is 5.97. The van der Waals surface area contributed by atoms with Crippen LogP contribution >= 0.6 is 0 Å². The highest BCUT2D eigenvalue weighted by atomic mass is 16.6. The maximum atomic E-state index is 13.3. The number of benzene rings is 1. The summed E-state index contributed by atoms with van der Waals surface area (Å²) < 4.78 is 1.98. The van der Waals surface area contributed by atoms with Gasteiger partial charge in [0.05, 0.1) is 11.5 Å². The van der Waals surface area contributed by atoms with Crippen LogP contribution < -0.4 is 0 Å². The molecule has 0 aliphatic rings. The lowest BCUT2D eigenvalue weighted by molar-refractivity contribution is -0.385. The molecule has 2 amide bonds. The van der Waals surface area contributed by atoms with E-state index in [0.29, 0.717) is 25.1 Å². The van der Waals surface area contributed by atoms with E-state index in [1.165, 1.54) is 11.0 Å². The molecule has 0 saturated heterocycles. The van der Waals surface area contributed by atoms with Crippen LogP contribution in [0.2, 0.25) is 0 Å². The molecule has 0 spiro atoms. The first-order valence-electron chi connectivity index (χ1n) is 11.0. The number of carbonyl (C=O) groups excluding carboxylic acids is 2. The van der Waals surface area contributed by atoms with Gasteiger partial charge in [0.15, 0.2) is 0 Å². The van der Waals surface area contributed by atoms with Crippen molar-refractivity contribution >= 4 is 17.5 Å². The minimum Gasteiger partial charge on any atom is -0.353 e. The summed E-state index contributed by atoms with van der Waals surface area (Å²) in [5, 5.41) is 11.3. The molecular weight excluding hydrogens is 408 g/mol. The van der Waals surface area contributed by atoms with Crippen molar-refractivity contribution in [2.45, 2.75) is 53.6 Å². The van der Waals surface area contributed by atoms with Crippen molar-refractivity contribution < 1.29 is 14.5 Å². The van der Waals surface area contributed by atoms with E-state index in [1.54, 1.807) is 24.0 Å². The average Bonchev–Trinajstić information content (AvgIpc) is 3.14. The Labute approximate surface area is 190 Å². The van der Waals surface area contributed by atoms with Gasteiger partial charge in [-0.3, -0.25) is 19.7 Å². The van der Waals surface area contributed by atoms with Gasteiger partial charge in [-0.25, -0.2) is 0 Å². The van der Waals surface area contributed by atoms with Crippen LogP contribution in [0.3, 0.4) is 0 Å². The minimum atomic E-state index is -0.491. The van der Waals surface area contributed by atoms with E-state index in [-0.39, 0.29) is 41.6 Å².